The van der Waals surface area contributed by atoms with E-state index in [1.165, 1.54) is 71.1 Å². The summed E-state index contributed by atoms with van der Waals surface area (Å²) in [5.41, 5.74) is 0. The third-order valence-electron chi connectivity index (χ3n) is 5.14. The van der Waals surface area contributed by atoms with Crippen LogP contribution in [-0.2, 0) is 0 Å². The van der Waals surface area contributed by atoms with Crippen molar-refractivity contribution in [2.24, 2.45) is 11.8 Å². The average molecular weight is 240 g/mol. The molecule has 2 fully saturated rings. The van der Waals surface area contributed by atoms with Crippen LogP contribution in [0, 0.1) is 11.8 Å². The number of likely N-dealkylation sites (tertiary alicyclic amines) is 2. The highest BCUT2D eigenvalue weighted by Gasteiger charge is 2.21. The van der Waals surface area contributed by atoms with Gasteiger partial charge in [-0.3, -0.25) is 0 Å². The van der Waals surface area contributed by atoms with E-state index in [2.05, 4.69) is 14.1 Å². The predicted octanol–water partition coefficient (Wildman–Crippen LogP) is 0.00610. The molecule has 0 aromatic carbocycles. The summed E-state index contributed by atoms with van der Waals surface area (Å²) in [4.78, 5) is 3.50. The summed E-state index contributed by atoms with van der Waals surface area (Å²) in [5, 5.41) is 0. The summed E-state index contributed by atoms with van der Waals surface area (Å²) < 4.78 is 0. The standard InChI is InChI=1S/C15H30N2/c1-16-10-6-14(7-11-16)4-3-5-15-8-12-17(2)13-9-15/h14-15H,3-13H2,1-2H3/p+2. The molecule has 0 atom stereocenters. The lowest BCUT2D eigenvalue weighted by molar-refractivity contribution is -0.886. The molecule has 2 aliphatic rings. The van der Waals surface area contributed by atoms with E-state index in [4.69, 9.17) is 0 Å². The minimum Gasteiger partial charge on any atom is -0.337 e. The minimum atomic E-state index is 1.07. The van der Waals surface area contributed by atoms with Crippen LogP contribution in [0.15, 0.2) is 0 Å². The van der Waals surface area contributed by atoms with Crippen molar-refractivity contribution in [3.63, 3.8) is 0 Å². The molecule has 0 spiro atoms. The number of hydrogen-bond acceptors (Lipinski definition) is 0. The van der Waals surface area contributed by atoms with Gasteiger partial charge in [-0.1, -0.05) is 19.3 Å². The first kappa shape index (κ1) is 13.4. The minimum absolute atomic E-state index is 1.07. The van der Waals surface area contributed by atoms with Gasteiger partial charge in [-0.05, 0) is 37.5 Å². The molecule has 2 rings (SSSR count). The Morgan fingerprint density at radius 1 is 0.706 bits per heavy atom. The fraction of sp³-hybridized carbons (Fsp3) is 1.00. The molecular weight excluding hydrogens is 208 g/mol. The van der Waals surface area contributed by atoms with Crippen LogP contribution in [0.4, 0.5) is 0 Å². The Kier molecular flexibility index (Phi) is 5.30. The van der Waals surface area contributed by atoms with Crippen LogP contribution in [0.1, 0.15) is 44.9 Å². The molecule has 0 saturated carbocycles. The second-order valence-corrected chi connectivity index (χ2v) is 6.73. The van der Waals surface area contributed by atoms with Gasteiger partial charge in [0.15, 0.2) is 0 Å². The van der Waals surface area contributed by atoms with Gasteiger partial charge >= 0.3 is 0 Å². The van der Waals surface area contributed by atoms with Gasteiger partial charge < -0.3 is 9.80 Å². The van der Waals surface area contributed by atoms with Crippen LogP contribution in [0.3, 0.4) is 0 Å². The van der Waals surface area contributed by atoms with E-state index < -0.39 is 0 Å². The van der Waals surface area contributed by atoms with Crippen molar-refractivity contribution >= 4 is 0 Å². The lowest BCUT2D eigenvalue weighted by Crippen LogP contribution is -3.10. The SMILES string of the molecule is C[NH+]1CCC(CCCC2CC[NH+](C)CC2)CC1. The fourth-order valence-electron chi connectivity index (χ4n) is 3.61. The lowest BCUT2D eigenvalue weighted by atomic mass is 9.87. The first-order chi connectivity index (χ1) is 8.24. The van der Waals surface area contributed by atoms with Crippen molar-refractivity contribution in [3.05, 3.63) is 0 Å². The van der Waals surface area contributed by atoms with E-state index in [0.717, 1.165) is 11.8 Å². The van der Waals surface area contributed by atoms with Crippen LogP contribution >= 0.6 is 0 Å². The third kappa shape index (κ3) is 4.59. The van der Waals surface area contributed by atoms with Crippen LogP contribution in [0.25, 0.3) is 0 Å². The van der Waals surface area contributed by atoms with Crippen LogP contribution in [0.5, 0.6) is 0 Å². The molecule has 2 heteroatoms. The highest BCUT2D eigenvalue weighted by Crippen LogP contribution is 2.22. The smallest absolute Gasteiger partial charge is 0.0771 e. The molecule has 0 aromatic rings. The van der Waals surface area contributed by atoms with E-state index in [0.29, 0.717) is 0 Å². The maximum absolute atomic E-state index is 2.34. The molecule has 100 valence electrons. The number of piperidine rings is 2. The van der Waals surface area contributed by atoms with Crippen LogP contribution < -0.4 is 9.80 Å². The molecule has 0 bridgehead atoms. The van der Waals surface area contributed by atoms with Gasteiger partial charge in [0.1, 0.15) is 0 Å². The Bertz CT molecular complexity index is 179. The summed E-state index contributed by atoms with van der Waals surface area (Å²) in [6.07, 6.45) is 10.5. The van der Waals surface area contributed by atoms with Gasteiger partial charge in [0.2, 0.25) is 0 Å². The maximum Gasteiger partial charge on any atom is 0.0771 e. The second kappa shape index (κ2) is 6.75. The molecule has 0 aromatic heterocycles. The normalized spacial score (nSPS) is 39.2. The number of rotatable bonds is 4. The Hall–Kier alpha value is -0.0800. The fourth-order valence-corrected chi connectivity index (χ4v) is 3.61. The Morgan fingerprint density at radius 2 is 1.06 bits per heavy atom. The first-order valence-electron chi connectivity index (χ1n) is 7.86. The third-order valence-corrected chi connectivity index (χ3v) is 5.14. The highest BCUT2D eigenvalue weighted by molar-refractivity contribution is 4.66. The number of hydrogen-bond donors (Lipinski definition) is 2. The summed E-state index contributed by atoms with van der Waals surface area (Å²) >= 11 is 0. The van der Waals surface area contributed by atoms with Gasteiger partial charge in [0.25, 0.3) is 0 Å². The van der Waals surface area contributed by atoms with E-state index in [1.807, 2.05) is 0 Å². The predicted molar refractivity (Wildman–Crippen MR) is 72.5 cm³/mol. The summed E-state index contributed by atoms with van der Waals surface area (Å²) in [6.45, 7) is 5.68. The van der Waals surface area contributed by atoms with Crippen molar-refractivity contribution in [3.8, 4) is 0 Å². The lowest BCUT2D eigenvalue weighted by Gasteiger charge is -2.28. The molecule has 2 heterocycles. The van der Waals surface area contributed by atoms with Crippen molar-refractivity contribution in [1.82, 2.24) is 0 Å². The molecule has 0 radical (unpaired) electrons. The molecule has 2 aliphatic heterocycles. The number of nitrogens with one attached hydrogen (secondary N) is 2. The van der Waals surface area contributed by atoms with Gasteiger partial charge in [-0.15, -0.1) is 0 Å². The maximum atomic E-state index is 2.34. The molecule has 2 N–H and O–H groups in total. The van der Waals surface area contributed by atoms with Crippen molar-refractivity contribution in [1.29, 1.82) is 0 Å². The second-order valence-electron chi connectivity index (χ2n) is 6.73. The summed E-state index contributed by atoms with van der Waals surface area (Å²) in [7, 11) is 4.69. The summed E-state index contributed by atoms with van der Waals surface area (Å²) in [5.74, 6) is 2.13. The molecule has 0 amide bonds. The first-order valence-corrected chi connectivity index (χ1v) is 7.86. The largest absolute Gasteiger partial charge is 0.337 e. The average Bonchev–Trinajstić information content (AvgIpc) is 2.34. The van der Waals surface area contributed by atoms with E-state index in [1.54, 1.807) is 9.80 Å². The van der Waals surface area contributed by atoms with E-state index in [9.17, 15) is 0 Å². The monoisotopic (exact) mass is 240 g/mol. The highest BCUT2D eigenvalue weighted by atomic mass is 15.1. The zero-order valence-electron chi connectivity index (χ0n) is 11.9. The van der Waals surface area contributed by atoms with Gasteiger partial charge in [0.05, 0.1) is 40.3 Å². The topological polar surface area (TPSA) is 8.88 Å². The molecule has 17 heavy (non-hydrogen) atoms. The van der Waals surface area contributed by atoms with Crippen molar-refractivity contribution in [2.75, 3.05) is 40.3 Å². The van der Waals surface area contributed by atoms with E-state index in [-0.39, 0.29) is 0 Å². The zero-order valence-corrected chi connectivity index (χ0v) is 11.9. The quantitative estimate of drug-likeness (QED) is 0.685. The van der Waals surface area contributed by atoms with E-state index >= 15 is 0 Å². The van der Waals surface area contributed by atoms with Crippen LogP contribution in [-0.4, -0.2) is 40.3 Å². The Morgan fingerprint density at radius 3 is 1.41 bits per heavy atom. The molecule has 2 nitrogen and oxygen atoms in total. The van der Waals surface area contributed by atoms with Crippen molar-refractivity contribution < 1.29 is 9.80 Å². The van der Waals surface area contributed by atoms with Gasteiger partial charge in [-0.25, -0.2) is 0 Å². The zero-order chi connectivity index (χ0) is 12.1. The Labute approximate surface area is 107 Å². The molecule has 0 aliphatic carbocycles. The molecular formula is C15H32N2+2. The van der Waals surface area contributed by atoms with Crippen molar-refractivity contribution in [2.45, 2.75) is 44.9 Å². The molecule has 0 unspecified atom stereocenters. The molecule has 2 saturated heterocycles. The summed E-state index contributed by atoms with van der Waals surface area (Å²) in [6, 6.07) is 0. The number of quaternary nitrogens is 2. The Balaban J connectivity index is 1.54. The van der Waals surface area contributed by atoms with Crippen LogP contribution in [0.2, 0.25) is 0 Å². The van der Waals surface area contributed by atoms with Gasteiger partial charge in [-0.2, -0.15) is 0 Å². The van der Waals surface area contributed by atoms with Gasteiger partial charge in [0, 0.05) is 0 Å².